The normalized spacial score (nSPS) is 10.7. The minimum Gasteiger partial charge on any atom is -0.293 e. The Hall–Kier alpha value is -1.49. The van der Waals surface area contributed by atoms with E-state index in [9.17, 15) is 4.79 Å². The second-order valence-corrected chi connectivity index (χ2v) is 4.98. The van der Waals surface area contributed by atoms with Crippen LogP contribution in [-0.2, 0) is 13.5 Å². The summed E-state index contributed by atoms with van der Waals surface area (Å²) in [5.74, 6) is 0.105. The van der Waals surface area contributed by atoms with Gasteiger partial charge in [0.25, 0.3) is 0 Å². The van der Waals surface area contributed by atoms with Crippen molar-refractivity contribution in [3.05, 3.63) is 33.5 Å². The number of aromatic nitrogens is 3. The molecule has 0 atom stereocenters. The van der Waals surface area contributed by atoms with Crippen molar-refractivity contribution >= 4 is 17.1 Å². The molecule has 0 fully saturated rings. The van der Waals surface area contributed by atoms with Crippen LogP contribution >= 0.6 is 11.3 Å². The van der Waals surface area contributed by atoms with E-state index < -0.39 is 0 Å². The monoisotopic (exact) mass is 235 g/mol. The molecule has 0 spiro atoms. The van der Waals surface area contributed by atoms with Gasteiger partial charge < -0.3 is 0 Å². The Balaban J connectivity index is 2.16. The Kier molecular flexibility index (Phi) is 2.87. The first kappa shape index (κ1) is 11.0. The van der Waals surface area contributed by atoms with Crippen LogP contribution in [0.4, 0.5) is 0 Å². The zero-order chi connectivity index (χ0) is 11.7. The van der Waals surface area contributed by atoms with Crippen LogP contribution in [0.1, 0.15) is 26.1 Å². The molecule has 0 bridgehead atoms. The van der Waals surface area contributed by atoms with E-state index in [2.05, 4.69) is 10.1 Å². The summed E-state index contributed by atoms with van der Waals surface area (Å²) in [4.78, 5) is 16.7. The van der Waals surface area contributed by atoms with Crippen LogP contribution in [0.5, 0.6) is 0 Å². The third kappa shape index (κ3) is 2.19. The molecule has 16 heavy (non-hydrogen) atoms. The molecule has 0 aromatic carbocycles. The molecule has 0 unspecified atom stereocenters. The molecule has 4 nitrogen and oxygen atoms in total. The number of ketones is 1. The van der Waals surface area contributed by atoms with E-state index in [-0.39, 0.29) is 5.78 Å². The van der Waals surface area contributed by atoms with Crippen molar-refractivity contribution < 1.29 is 4.79 Å². The molecule has 2 rings (SSSR count). The largest absolute Gasteiger partial charge is 0.293 e. The van der Waals surface area contributed by atoms with E-state index in [1.54, 1.807) is 10.9 Å². The molecule has 0 amide bonds. The Morgan fingerprint density at radius 2 is 2.25 bits per heavy atom. The summed E-state index contributed by atoms with van der Waals surface area (Å²) in [6.45, 7) is 3.82. The maximum atomic E-state index is 11.9. The number of hydrogen-bond donors (Lipinski definition) is 0. The van der Waals surface area contributed by atoms with Gasteiger partial charge in [-0.05, 0) is 19.9 Å². The van der Waals surface area contributed by atoms with Crippen molar-refractivity contribution in [1.82, 2.24) is 14.8 Å². The molecule has 0 aliphatic carbocycles. The van der Waals surface area contributed by atoms with Gasteiger partial charge in [0.05, 0.1) is 22.0 Å². The summed E-state index contributed by atoms with van der Waals surface area (Å²) in [7, 11) is 1.85. The lowest BCUT2D eigenvalue weighted by Gasteiger charge is -1.98. The predicted molar refractivity (Wildman–Crippen MR) is 62.8 cm³/mol. The van der Waals surface area contributed by atoms with Gasteiger partial charge in [0, 0.05) is 18.9 Å². The third-order valence-corrected chi connectivity index (χ3v) is 3.29. The second-order valence-electron chi connectivity index (χ2n) is 3.74. The number of rotatable bonds is 3. The first-order valence-corrected chi connectivity index (χ1v) is 5.83. The molecule has 0 saturated carbocycles. The number of Topliss-reactive ketones (excluding diaryl/α,β-unsaturated/α-hetero) is 1. The van der Waals surface area contributed by atoms with Crippen molar-refractivity contribution in [2.24, 2.45) is 7.05 Å². The van der Waals surface area contributed by atoms with Crippen LogP contribution in [0.25, 0.3) is 0 Å². The fourth-order valence-electron chi connectivity index (χ4n) is 1.57. The average Bonchev–Trinajstić information content (AvgIpc) is 2.74. The van der Waals surface area contributed by atoms with E-state index in [1.165, 1.54) is 11.3 Å². The van der Waals surface area contributed by atoms with Crippen molar-refractivity contribution in [1.29, 1.82) is 0 Å². The van der Waals surface area contributed by atoms with Crippen molar-refractivity contribution in [2.75, 3.05) is 0 Å². The molecule has 0 N–H and O–H groups in total. The van der Waals surface area contributed by atoms with Crippen molar-refractivity contribution in [2.45, 2.75) is 20.3 Å². The fraction of sp³-hybridized carbons (Fsp3) is 0.364. The molecular formula is C11H13N3OS. The highest BCUT2D eigenvalue weighted by atomic mass is 32.1. The van der Waals surface area contributed by atoms with Gasteiger partial charge in [-0.1, -0.05) is 0 Å². The topological polar surface area (TPSA) is 47.8 Å². The number of nitrogens with zero attached hydrogens (tertiary/aromatic N) is 3. The van der Waals surface area contributed by atoms with E-state index in [0.29, 0.717) is 6.42 Å². The average molecular weight is 235 g/mol. The van der Waals surface area contributed by atoms with Gasteiger partial charge in [-0.25, -0.2) is 4.98 Å². The van der Waals surface area contributed by atoms with Gasteiger partial charge in [-0.2, -0.15) is 5.10 Å². The van der Waals surface area contributed by atoms with Gasteiger partial charge in [-0.15, -0.1) is 11.3 Å². The maximum Gasteiger partial charge on any atom is 0.180 e. The lowest BCUT2D eigenvalue weighted by molar-refractivity contribution is 0.0994. The first-order valence-electron chi connectivity index (χ1n) is 5.01. The van der Waals surface area contributed by atoms with Crippen molar-refractivity contribution in [3.63, 3.8) is 0 Å². The Labute approximate surface area is 97.9 Å². The lowest BCUT2D eigenvalue weighted by atomic mass is 10.2. The smallest absolute Gasteiger partial charge is 0.180 e. The molecule has 0 aliphatic heterocycles. The van der Waals surface area contributed by atoms with Gasteiger partial charge in [0.15, 0.2) is 5.78 Å². The van der Waals surface area contributed by atoms with Crippen molar-refractivity contribution in [3.8, 4) is 0 Å². The second kappa shape index (κ2) is 4.17. The Morgan fingerprint density at radius 1 is 1.50 bits per heavy atom. The highest BCUT2D eigenvalue weighted by molar-refractivity contribution is 7.13. The number of hydrogen-bond acceptors (Lipinski definition) is 4. The van der Waals surface area contributed by atoms with E-state index in [4.69, 9.17) is 0 Å². The highest BCUT2D eigenvalue weighted by Gasteiger charge is 2.12. The first-order chi connectivity index (χ1) is 7.56. The molecular weight excluding hydrogens is 222 g/mol. The molecule has 5 heteroatoms. The minimum atomic E-state index is 0.105. The molecule has 84 valence electrons. The molecule has 2 heterocycles. The van der Waals surface area contributed by atoms with E-state index >= 15 is 0 Å². The summed E-state index contributed by atoms with van der Waals surface area (Å²) in [6, 6.07) is 1.94. The predicted octanol–water partition coefficient (Wildman–Crippen LogP) is 1.92. The van der Waals surface area contributed by atoms with Crippen LogP contribution < -0.4 is 0 Å². The highest BCUT2D eigenvalue weighted by Crippen LogP contribution is 2.15. The minimum absolute atomic E-state index is 0.105. The molecule has 2 aromatic heterocycles. The van der Waals surface area contributed by atoms with Crippen LogP contribution in [-0.4, -0.2) is 20.5 Å². The third-order valence-electron chi connectivity index (χ3n) is 2.34. The number of thiazole rings is 1. The quantitative estimate of drug-likeness (QED) is 0.764. The lowest BCUT2D eigenvalue weighted by Crippen LogP contribution is -2.06. The maximum absolute atomic E-state index is 11.9. The van der Waals surface area contributed by atoms with Gasteiger partial charge in [-0.3, -0.25) is 9.48 Å². The Morgan fingerprint density at radius 3 is 2.75 bits per heavy atom. The standard InChI is InChI=1S/C11H13N3OS/c1-7-4-9(14(3)13-7)5-10(15)11-6-12-8(2)16-11/h4,6H,5H2,1-3H3. The molecule has 0 aliphatic rings. The summed E-state index contributed by atoms with van der Waals surface area (Å²) in [5, 5.41) is 5.14. The summed E-state index contributed by atoms with van der Waals surface area (Å²) < 4.78 is 1.75. The van der Waals surface area contributed by atoms with E-state index in [1.807, 2.05) is 27.0 Å². The van der Waals surface area contributed by atoms with Crippen LogP contribution in [0.2, 0.25) is 0 Å². The van der Waals surface area contributed by atoms with Gasteiger partial charge in [0.1, 0.15) is 0 Å². The number of aryl methyl sites for hydroxylation is 3. The SMILES string of the molecule is Cc1cc(CC(=O)c2cnc(C)s2)n(C)n1. The Bertz CT molecular complexity index is 527. The van der Waals surface area contributed by atoms with Crippen LogP contribution in [0, 0.1) is 13.8 Å². The fourth-order valence-corrected chi connectivity index (χ4v) is 2.29. The number of carbonyl (C=O) groups is 1. The molecule has 0 radical (unpaired) electrons. The molecule has 2 aromatic rings. The summed E-state index contributed by atoms with van der Waals surface area (Å²) in [5.41, 5.74) is 1.87. The zero-order valence-corrected chi connectivity index (χ0v) is 10.3. The van der Waals surface area contributed by atoms with Gasteiger partial charge >= 0.3 is 0 Å². The van der Waals surface area contributed by atoms with E-state index in [0.717, 1.165) is 21.3 Å². The summed E-state index contributed by atoms with van der Waals surface area (Å²) >= 11 is 1.44. The van der Waals surface area contributed by atoms with Crippen LogP contribution in [0.15, 0.2) is 12.3 Å². The number of carbonyl (C=O) groups excluding carboxylic acids is 1. The summed E-state index contributed by atoms with van der Waals surface area (Å²) in [6.07, 6.45) is 2.03. The zero-order valence-electron chi connectivity index (χ0n) is 9.52. The van der Waals surface area contributed by atoms with Gasteiger partial charge in [0.2, 0.25) is 0 Å². The van der Waals surface area contributed by atoms with Crippen LogP contribution in [0.3, 0.4) is 0 Å². The molecule has 0 saturated heterocycles.